The smallest absolute Gasteiger partial charge is 0.305 e. The minimum atomic E-state index is -0.920. The minimum absolute atomic E-state index is 0.0602. The summed E-state index contributed by atoms with van der Waals surface area (Å²) >= 11 is 9.00. The van der Waals surface area contributed by atoms with Gasteiger partial charge in [-0.2, -0.15) is 0 Å². The molecule has 1 amide bonds. The number of carboxylic acids is 1. The first-order valence-corrected chi connectivity index (χ1v) is 6.56. The van der Waals surface area contributed by atoms with Crippen molar-refractivity contribution in [3.63, 3.8) is 0 Å². The summed E-state index contributed by atoms with van der Waals surface area (Å²) < 4.78 is 5.68. The molecule has 0 fully saturated rings. The second-order valence-electron chi connectivity index (χ2n) is 3.50. The first-order valence-electron chi connectivity index (χ1n) is 5.39. The molecule has 0 radical (unpaired) electrons. The number of nitrogens with zero attached hydrogens (tertiary/aromatic N) is 1. The predicted molar refractivity (Wildman–Crippen MR) is 72.4 cm³/mol. The van der Waals surface area contributed by atoms with E-state index in [1.807, 2.05) is 0 Å². The Morgan fingerprint density at radius 3 is 2.89 bits per heavy atom. The number of ether oxygens (including phenoxy) is 1. The molecule has 0 aliphatic heterocycles. The molecule has 1 aromatic heterocycles. The largest absolute Gasteiger partial charge is 0.481 e. The van der Waals surface area contributed by atoms with Crippen LogP contribution in [0.3, 0.4) is 0 Å². The van der Waals surface area contributed by atoms with Gasteiger partial charge in [0, 0.05) is 17.2 Å². The quantitative estimate of drug-likeness (QED) is 0.577. The molecular formula is C11H12BrClN2O4. The molecule has 0 saturated carbocycles. The number of rotatable bonds is 7. The SMILES string of the molecule is O=C(O)CCOCCNC(=O)c1cc(Br)cnc1Cl. The molecule has 8 heteroatoms. The topological polar surface area (TPSA) is 88.5 Å². The van der Waals surface area contributed by atoms with Crippen LogP contribution in [0.4, 0.5) is 0 Å². The molecule has 1 aromatic rings. The van der Waals surface area contributed by atoms with Crippen LogP contribution >= 0.6 is 27.5 Å². The van der Waals surface area contributed by atoms with Gasteiger partial charge in [0.05, 0.1) is 25.2 Å². The van der Waals surface area contributed by atoms with Crippen LogP contribution in [0.15, 0.2) is 16.7 Å². The Balaban J connectivity index is 2.31. The molecule has 0 atom stereocenters. The van der Waals surface area contributed by atoms with E-state index in [1.165, 1.54) is 6.20 Å². The molecule has 0 aliphatic carbocycles. The van der Waals surface area contributed by atoms with Crippen molar-refractivity contribution < 1.29 is 19.4 Å². The number of carboxylic acid groups (broad SMARTS) is 1. The molecular weight excluding hydrogens is 339 g/mol. The highest BCUT2D eigenvalue weighted by Crippen LogP contribution is 2.17. The highest BCUT2D eigenvalue weighted by atomic mass is 79.9. The fourth-order valence-corrected chi connectivity index (χ4v) is 1.70. The van der Waals surface area contributed by atoms with E-state index < -0.39 is 5.97 Å². The fraction of sp³-hybridized carbons (Fsp3) is 0.364. The molecule has 0 aromatic carbocycles. The summed E-state index contributed by atoms with van der Waals surface area (Å²) in [6.45, 7) is 0.615. The van der Waals surface area contributed by atoms with Crippen LogP contribution in [0.25, 0.3) is 0 Å². The van der Waals surface area contributed by atoms with Crippen molar-refractivity contribution in [2.45, 2.75) is 6.42 Å². The van der Waals surface area contributed by atoms with Crippen LogP contribution in [-0.4, -0.2) is 41.7 Å². The third kappa shape index (κ3) is 6.00. The zero-order valence-electron chi connectivity index (χ0n) is 9.86. The molecule has 2 N–H and O–H groups in total. The third-order valence-electron chi connectivity index (χ3n) is 2.04. The van der Waals surface area contributed by atoms with Gasteiger partial charge in [0.15, 0.2) is 0 Å². The van der Waals surface area contributed by atoms with Gasteiger partial charge in [-0.15, -0.1) is 0 Å². The number of hydrogen-bond donors (Lipinski definition) is 2. The van der Waals surface area contributed by atoms with Crippen LogP contribution in [0.1, 0.15) is 16.8 Å². The summed E-state index contributed by atoms with van der Waals surface area (Å²) in [7, 11) is 0. The summed E-state index contributed by atoms with van der Waals surface area (Å²) in [5.41, 5.74) is 0.265. The average molecular weight is 352 g/mol. The van der Waals surface area contributed by atoms with Crippen molar-refractivity contribution in [3.05, 3.63) is 27.5 Å². The van der Waals surface area contributed by atoms with Crippen LogP contribution in [0.5, 0.6) is 0 Å². The van der Waals surface area contributed by atoms with Gasteiger partial charge in [0.2, 0.25) is 0 Å². The van der Waals surface area contributed by atoms with Crippen molar-refractivity contribution >= 4 is 39.4 Å². The van der Waals surface area contributed by atoms with Crippen molar-refractivity contribution in [3.8, 4) is 0 Å². The van der Waals surface area contributed by atoms with Gasteiger partial charge < -0.3 is 15.2 Å². The molecule has 0 aliphatic rings. The maximum absolute atomic E-state index is 11.8. The van der Waals surface area contributed by atoms with E-state index in [-0.39, 0.29) is 42.8 Å². The molecule has 1 heterocycles. The van der Waals surface area contributed by atoms with Gasteiger partial charge in [-0.3, -0.25) is 9.59 Å². The first kappa shape index (κ1) is 15.9. The lowest BCUT2D eigenvalue weighted by Gasteiger charge is -2.07. The second kappa shape index (κ2) is 8.08. The van der Waals surface area contributed by atoms with Gasteiger partial charge in [-0.25, -0.2) is 4.98 Å². The lowest BCUT2D eigenvalue weighted by molar-refractivity contribution is -0.138. The molecule has 1 rings (SSSR count). The van der Waals surface area contributed by atoms with E-state index in [1.54, 1.807) is 6.07 Å². The van der Waals surface area contributed by atoms with Crippen molar-refractivity contribution in [2.75, 3.05) is 19.8 Å². The molecule has 104 valence electrons. The lowest BCUT2D eigenvalue weighted by atomic mass is 10.2. The minimum Gasteiger partial charge on any atom is -0.481 e. The molecule has 0 unspecified atom stereocenters. The standard InChI is InChI=1S/C11H12BrClN2O4/c12-7-5-8(10(13)15-6-7)11(18)14-2-4-19-3-1-9(16)17/h5-6H,1-4H2,(H,14,18)(H,16,17). The molecule has 19 heavy (non-hydrogen) atoms. The van der Waals surface area contributed by atoms with Gasteiger partial charge in [0.25, 0.3) is 5.91 Å². The molecule has 6 nitrogen and oxygen atoms in total. The number of pyridine rings is 1. The van der Waals surface area contributed by atoms with E-state index >= 15 is 0 Å². The lowest BCUT2D eigenvalue weighted by Crippen LogP contribution is -2.28. The molecule has 0 bridgehead atoms. The average Bonchev–Trinajstić information content (AvgIpc) is 2.36. The number of carbonyl (C=O) groups is 2. The maximum atomic E-state index is 11.8. The predicted octanol–water partition coefficient (Wildman–Crippen LogP) is 1.72. The van der Waals surface area contributed by atoms with E-state index in [2.05, 4.69) is 26.2 Å². The van der Waals surface area contributed by atoms with E-state index in [0.29, 0.717) is 4.47 Å². The van der Waals surface area contributed by atoms with Gasteiger partial charge in [0.1, 0.15) is 5.15 Å². The summed E-state index contributed by atoms with van der Waals surface area (Å²) in [5.74, 6) is -1.28. The third-order valence-corrected chi connectivity index (χ3v) is 2.78. The summed E-state index contributed by atoms with van der Waals surface area (Å²) in [4.78, 5) is 25.8. The van der Waals surface area contributed by atoms with Gasteiger partial charge in [-0.1, -0.05) is 11.6 Å². The molecule has 0 saturated heterocycles. The number of aromatic nitrogens is 1. The highest BCUT2D eigenvalue weighted by Gasteiger charge is 2.11. The number of hydrogen-bond acceptors (Lipinski definition) is 4. The monoisotopic (exact) mass is 350 g/mol. The number of nitrogens with one attached hydrogen (secondary N) is 1. The first-order chi connectivity index (χ1) is 9.00. The Bertz CT molecular complexity index is 470. The van der Waals surface area contributed by atoms with E-state index in [4.69, 9.17) is 21.4 Å². The van der Waals surface area contributed by atoms with Crippen molar-refractivity contribution in [1.29, 1.82) is 0 Å². The van der Waals surface area contributed by atoms with E-state index in [0.717, 1.165) is 0 Å². The van der Waals surface area contributed by atoms with Gasteiger partial charge >= 0.3 is 5.97 Å². The van der Waals surface area contributed by atoms with Gasteiger partial charge in [-0.05, 0) is 22.0 Å². The number of aliphatic carboxylic acids is 1. The Morgan fingerprint density at radius 2 is 2.21 bits per heavy atom. The summed E-state index contributed by atoms with van der Waals surface area (Å²) in [6.07, 6.45) is 1.43. The van der Waals surface area contributed by atoms with Crippen LogP contribution in [-0.2, 0) is 9.53 Å². The normalized spacial score (nSPS) is 10.2. The zero-order valence-corrected chi connectivity index (χ0v) is 12.2. The van der Waals surface area contributed by atoms with Crippen LogP contribution < -0.4 is 5.32 Å². The zero-order chi connectivity index (χ0) is 14.3. The Hall–Kier alpha value is -1.18. The number of amides is 1. The maximum Gasteiger partial charge on any atom is 0.305 e. The number of halogens is 2. The fourth-order valence-electron chi connectivity index (χ4n) is 1.18. The summed E-state index contributed by atoms with van der Waals surface area (Å²) in [6, 6.07) is 1.57. The number of carbonyl (C=O) groups excluding carboxylic acids is 1. The van der Waals surface area contributed by atoms with Crippen molar-refractivity contribution in [2.24, 2.45) is 0 Å². The Labute approximate surface area is 123 Å². The molecule has 0 spiro atoms. The Morgan fingerprint density at radius 1 is 1.47 bits per heavy atom. The van der Waals surface area contributed by atoms with Crippen LogP contribution in [0, 0.1) is 0 Å². The van der Waals surface area contributed by atoms with E-state index in [9.17, 15) is 9.59 Å². The summed E-state index contributed by atoms with van der Waals surface area (Å²) in [5, 5.41) is 11.1. The highest BCUT2D eigenvalue weighted by molar-refractivity contribution is 9.10. The second-order valence-corrected chi connectivity index (χ2v) is 4.78. The van der Waals surface area contributed by atoms with Crippen molar-refractivity contribution in [1.82, 2.24) is 10.3 Å². The Kier molecular flexibility index (Phi) is 6.75. The van der Waals surface area contributed by atoms with Crippen LogP contribution in [0.2, 0.25) is 5.15 Å².